The number of halogens is 2. The fourth-order valence-electron chi connectivity index (χ4n) is 1.69. The molecule has 0 amide bonds. The highest BCUT2D eigenvalue weighted by Gasteiger charge is 2.05. The molecule has 17 heavy (non-hydrogen) atoms. The normalized spacial score (nSPS) is 10.8. The maximum absolute atomic E-state index is 13.0. The molecule has 0 unspecified atom stereocenters. The molecule has 0 aliphatic rings. The molecule has 0 aliphatic heterocycles. The van der Waals surface area contributed by atoms with Gasteiger partial charge in [-0.2, -0.15) is 0 Å². The van der Waals surface area contributed by atoms with Crippen molar-refractivity contribution in [1.29, 1.82) is 0 Å². The van der Waals surface area contributed by atoms with E-state index in [1.54, 1.807) is 11.3 Å². The summed E-state index contributed by atoms with van der Waals surface area (Å²) in [7, 11) is 0. The van der Waals surface area contributed by atoms with Gasteiger partial charge in [0, 0.05) is 17.9 Å². The van der Waals surface area contributed by atoms with Crippen molar-refractivity contribution in [3.63, 3.8) is 0 Å². The number of hydrogen-bond acceptors (Lipinski definition) is 2. The van der Waals surface area contributed by atoms with Gasteiger partial charge in [0.25, 0.3) is 0 Å². The zero-order valence-electron chi connectivity index (χ0n) is 9.54. The number of benzene rings is 1. The summed E-state index contributed by atoms with van der Waals surface area (Å²) < 4.78 is 26.0. The van der Waals surface area contributed by atoms with Crippen molar-refractivity contribution in [3.8, 4) is 0 Å². The van der Waals surface area contributed by atoms with Crippen molar-refractivity contribution in [2.45, 2.75) is 26.2 Å². The first-order valence-electron chi connectivity index (χ1n) is 5.55. The first kappa shape index (κ1) is 12.2. The number of aryl methyl sites for hydroxylation is 1. The minimum atomic E-state index is -0.537. The van der Waals surface area contributed by atoms with Gasteiger partial charge in [-0.1, -0.05) is 13.3 Å². The van der Waals surface area contributed by atoms with Crippen LogP contribution in [0.1, 0.15) is 29.6 Å². The van der Waals surface area contributed by atoms with Crippen LogP contribution < -0.4 is 0 Å². The second-order valence-electron chi connectivity index (χ2n) is 3.94. The Kier molecular flexibility index (Phi) is 3.84. The van der Waals surface area contributed by atoms with Crippen molar-refractivity contribution >= 4 is 11.3 Å². The summed E-state index contributed by atoms with van der Waals surface area (Å²) >= 11 is 1.54. The average Bonchev–Trinajstić information content (AvgIpc) is 2.64. The zero-order chi connectivity index (χ0) is 12.3. The Balaban J connectivity index is 2.13. The maximum atomic E-state index is 13.0. The van der Waals surface area contributed by atoms with Crippen molar-refractivity contribution in [2.24, 2.45) is 0 Å². The molecule has 2 aromatic rings. The summed E-state index contributed by atoms with van der Waals surface area (Å²) in [5.74, 6) is -1.07. The number of hydrogen-bond donors (Lipinski definition) is 0. The van der Waals surface area contributed by atoms with Gasteiger partial charge in [-0.05, 0) is 24.1 Å². The van der Waals surface area contributed by atoms with Crippen molar-refractivity contribution < 1.29 is 8.78 Å². The Labute approximate surface area is 103 Å². The molecule has 4 heteroatoms. The Bertz CT molecular complexity index is 488. The van der Waals surface area contributed by atoms with Crippen LogP contribution in [0.2, 0.25) is 0 Å². The first-order chi connectivity index (χ1) is 8.17. The zero-order valence-corrected chi connectivity index (χ0v) is 10.4. The van der Waals surface area contributed by atoms with Gasteiger partial charge >= 0.3 is 0 Å². The van der Waals surface area contributed by atoms with Crippen molar-refractivity contribution in [1.82, 2.24) is 4.98 Å². The molecule has 1 aromatic heterocycles. The Morgan fingerprint density at radius 2 is 1.88 bits per heavy atom. The van der Waals surface area contributed by atoms with Crippen LogP contribution in [-0.4, -0.2) is 4.98 Å². The predicted octanol–water partition coefficient (Wildman–Crippen LogP) is 3.96. The molecular formula is C13H13F2NS. The lowest BCUT2D eigenvalue weighted by Crippen LogP contribution is -1.92. The molecule has 0 aliphatic carbocycles. The fraction of sp³-hybridized carbons (Fsp3) is 0.308. The first-order valence-corrected chi connectivity index (χ1v) is 6.43. The molecule has 0 saturated carbocycles. The van der Waals surface area contributed by atoms with Gasteiger partial charge in [-0.15, -0.1) is 11.3 Å². The minimum absolute atomic E-state index is 0.489. The van der Waals surface area contributed by atoms with Crippen LogP contribution >= 0.6 is 11.3 Å². The molecule has 0 saturated heterocycles. The van der Waals surface area contributed by atoms with Gasteiger partial charge in [-0.25, -0.2) is 13.8 Å². The molecule has 0 atom stereocenters. The molecule has 0 bridgehead atoms. The molecule has 0 N–H and O–H groups in total. The topological polar surface area (TPSA) is 12.9 Å². The maximum Gasteiger partial charge on any atom is 0.126 e. The van der Waals surface area contributed by atoms with Crippen LogP contribution in [0.5, 0.6) is 0 Å². The molecule has 0 spiro atoms. The van der Waals surface area contributed by atoms with E-state index >= 15 is 0 Å². The van der Waals surface area contributed by atoms with E-state index in [0.717, 1.165) is 29.6 Å². The van der Waals surface area contributed by atoms with Gasteiger partial charge in [0.2, 0.25) is 0 Å². The summed E-state index contributed by atoms with van der Waals surface area (Å²) in [5.41, 5.74) is 1.68. The van der Waals surface area contributed by atoms with Crippen LogP contribution in [0.4, 0.5) is 8.78 Å². The number of aromatic nitrogens is 1. The average molecular weight is 253 g/mol. The standard InChI is InChI=1S/C13H13F2NS/c1-2-3-12-8-17-13(16-12)6-9-4-10(14)7-11(15)5-9/h4-5,7-8H,2-3,6H2,1H3. The highest BCUT2D eigenvalue weighted by molar-refractivity contribution is 7.09. The second kappa shape index (κ2) is 5.36. The van der Waals surface area contributed by atoms with Gasteiger partial charge in [0.1, 0.15) is 11.6 Å². The minimum Gasteiger partial charge on any atom is -0.246 e. The SMILES string of the molecule is CCCc1csc(Cc2cc(F)cc(F)c2)n1. The predicted molar refractivity (Wildman–Crippen MR) is 65.3 cm³/mol. The van der Waals surface area contributed by atoms with Crippen LogP contribution in [0.25, 0.3) is 0 Å². The Morgan fingerprint density at radius 1 is 1.18 bits per heavy atom. The third-order valence-corrected chi connectivity index (χ3v) is 3.28. The Morgan fingerprint density at radius 3 is 2.53 bits per heavy atom. The summed E-state index contributed by atoms with van der Waals surface area (Å²) in [6.07, 6.45) is 2.49. The number of rotatable bonds is 4. The van der Waals surface area contributed by atoms with Crippen LogP contribution in [-0.2, 0) is 12.8 Å². The number of thiazole rings is 1. The van der Waals surface area contributed by atoms with Crippen molar-refractivity contribution in [3.05, 3.63) is 51.5 Å². The van der Waals surface area contributed by atoms with E-state index in [4.69, 9.17) is 0 Å². The quantitative estimate of drug-likeness (QED) is 0.803. The van der Waals surface area contributed by atoms with E-state index < -0.39 is 11.6 Å². The highest BCUT2D eigenvalue weighted by atomic mass is 32.1. The van der Waals surface area contributed by atoms with Gasteiger partial charge in [0.05, 0.1) is 10.7 Å². The summed E-state index contributed by atoms with van der Waals surface area (Å²) in [6.45, 7) is 2.10. The number of nitrogens with zero attached hydrogens (tertiary/aromatic N) is 1. The fourth-order valence-corrected chi connectivity index (χ4v) is 2.55. The summed E-state index contributed by atoms with van der Waals surface area (Å²) in [6, 6.07) is 3.59. The van der Waals surface area contributed by atoms with Crippen LogP contribution in [0.3, 0.4) is 0 Å². The van der Waals surface area contributed by atoms with Gasteiger partial charge in [0.15, 0.2) is 0 Å². The third kappa shape index (κ3) is 3.33. The van der Waals surface area contributed by atoms with E-state index in [0.29, 0.717) is 12.0 Å². The van der Waals surface area contributed by atoms with E-state index in [2.05, 4.69) is 11.9 Å². The molecule has 1 aromatic carbocycles. The van der Waals surface area contributed by atoms with E-state index in [9.17, 15) is 8.78 Å². The molecule has 90 valence electrons. The third-order valence-electron chi connectivity index (χ3n) is 2.38. The van der Waals surface area contributed by atoms with E-state index in [1.807, 2.05) is 5.38 Å². The second-order valence-corrected chi connectivity index (χ2v) is 4.88. The van der Waals surface area contributed by atoms with E-state index in [1.165, 1.54) is 12.1 Å². The van der Waals surface area contributed by atoms with Gasteiger partial charge < -0.3 is 0 Å². The lowest BCUT2D eigenvalue weighted by molar-refractivity contribution is 0.580. The highest BCUT2D eigenvalue weighted by Crippen LogP contribution is 2.17. The van der Waals surface area contributed by atoms with E-state index in [-0.39, 0.29) is 0 Å². The molecule has 0 radical (unpaired) electrons. The smallest absolute Gasteiger partial charge is 0.126 e. The largest absolute Gasteiger partial charge is 0.246 e. The molecule has 2 rings (SSSR count). The monoisotopic (exact) mass is 253 g/mol. The van der Waals surface area contributed by atoms with Crippen LogP contribution in [0.15, 0.2) is 23.6 Å². The van der Waals surface area contributed by atoms with Gasteiger partial charge in [-0.3, -0.25) is 0 Å². The lowest BCUT2D eigenvalue weighted by Gasteiger charge is -1.99. The summed E-state index contributed by atoms with van der Waals surface area (Å²) in [4.78, 5) is 4.43. The lowest BCUT2D eigenvalue weighted by atomic mass is 10.1. The molecular weight excluding hydrogens is 240 g/mol. The molecule has 0 fully saturated rings. The summed E-state index contributed by atoms with van der Waals surface area (Å²) in [5, 5.41) is 2.91. The molecule has 1 heterocycles. The molecule has 1 nitrogen and oxygen atoms in total. The van der Waals surface area contributed by atoms with Crippen LogP contribution in [0, 0.1) is 11.6 Å². The Hall–Kier alpha value is -1.29. The van der Waals surface area contributed by atoms with Crippen molar-refractivity contribution in [2.75, 3.05) is 0 Å².